The number of hydrogen-bond acceptors (Lipinski definition) is 5. The van der Waals surface area contributed by atoms with E-state index in [1.165, 1.54) is 27.2 Å². The maximum Gasteiger partial charge on any atom is 0.414 e. The first-order valence-corrected chi connectivity index (χ1v) is 10.9. The summed E-state index contributed by atoms with van der Waals surface area (Å²) in [4.78, 5) is 21.4. The maximum atomic E-state index is 11.9. The largest absolute Gasteiger partial charge is 0.414 e. The Hall–Kier alpha value is -2.43. The highest BCUT2D eigenvalue weighted by molar-refractivity contribution is 7.65. The van der Waals surface area contributed by atoms with Gasteiger partial charge in [0.25, 0.3) is 0 Å². The van der Waals surface area contributed by atoms with Gasteiger partial charge < -0.3 is 15.0 Å². The highest BCUT2D eigenvalue weighted by Crippen LogP contribution is 2.35. The molecule has 0 bridgehead atoms. The number of anilines is 2. The van der Waals surface area contributed by atoms with Crippen molar-refractivity contribution in [3.8, 4) is 5.75 Å². The van der Waals surface area contributed by atoms with Crippen molar-refractivity contribution >= 4 is 53.2 Å². The summed E-state index contributed by atoms with van der Waals surface area (Å²) in [5.74, 6) is 0.562. The number of halogens is 1. The van der Waals surface area contributed by atoms with Gasteiger partial charge in [-0.3, -0.25) is 0 Å². The number of amides is 1. The third-order valence-electron chi connectivity index (χ3n) is 3.89. The molecule has 27 heavy (non-hydrogen) atoms. The molecule has 8 heteroatoms. The summed E-state index contributed by atoms with van der Waals surface area (Å²) >= 11 is 5.97. The number of aromatic nitrogens is 2. The van der Waals surface area contributed by atoms with Crippen molar-refractivity contribution in [2.24, 2.45) is 0 Å². The van der Waals surface area contributed by atoms with Crippen molar-refractivity contribution < 1.29 is 9.53 Å². The normalized spacial score (nSPS) is 10.9. The molecule has 1 N–H and O–H groups in total. The lowest BCUT2D eigenvalue weighted by molar-refractivity contribution is 0.172. The molecule has 0 aliphatic heterocycles. The Morgan fingerprint density at radius 1 is 1.19 bits per heavy atom. The number of nitrogens with one attached hydrogen (secondary N) is 1. The van der Waals surface area contributed by atoms with Gasteiger partial charge in [-0.2, -0.15) is 4.98 Å². The third kappa shape index (κ3) is 4.29. The summed E-state index contributed by atoms with van der Waals surface area (Å²) in [6, 6.07) is 12.3. The lowest BCUT2D eigenvalue weighted by atomic mass is 10.1. The van der Waals surface area contributed by atoms with Gasteiger partial charge in [-0.05, 0) is 41.8 Å². The second-order valence-corrected chi connectivity index (χ2v) is 8.89. The fourth-order valence-corrected chi connectivity index (χ4v) is 4.10. The molecule has 1 amide bonds. The Labute approximate surface area is 164 Å². The zero-order valence-electron chi connectivity index (χ0n) is 15.5. The zero-order valence-corrected chi connectivity index (χ0v) is 17.2. The smallest absolute Gasteiger partial charge is 0.405 e. The van der Waals surface area contributed by atoms with E-state index in [9.17, 15) is 4.79 Å². The molecule has 0 saturated heterocycles. The van der Waals surface area contributed by atoms with E-state index in [-0.39, 0.29) is 11.0 Å². The SMILES string of the molecule is CN(C)C(=O)Oc1cnc(Cl)nc1Nc1ccc2ccccc2c1P(C)C. The molecule has 3 rings (SSSR count). The molecule has 0 radical (unpaired) electrons. The van der Waals surface area contributed by atoms with Gasteiger partial charge in [0.1, 0.15) is 0 Å². The predicted octanol–water partition coefficient (Wildman–Crippen LogP) is 4.45. The van der Waals surface area contributed by atoms with Gasteiger partial charge in [-0.15, -0.1) is 0 Å². The maximum absolute atomic E-state index is 11.9. The Morgan fingerprint density at radius 2 is 1.93 bits per heavy atom. The van der Waals surface area contributed by atoms with E-state index >= 15 is 0 Å². The number of rotatable bonds is 4. The Morgan fingerprint density at radius 3 is 2.63 bits per heavy atom. The number of carbonyl (C=O) groups excluding carboxylic acids is 1. The number of fused-ring (bicyclic) bond motifs is 1. The third-order valence-corrected chi connectivity index (χ3v) is 5.45. The summed E-state index contributed by atoms with van der Waals surface area (Å²) in [5, 5.41) is 6.93. The summed E-state index contributed by atoms with van der Waals surface area (Å²) in [7, 11) is 2.80. The van der Waals surface area contributed by atoms with E-state index in [0.29, 0.717) is 5.82 Å². The molecule has 0 spiro atoms. The van der Waals surface area contributed by atoms with Crippen molar-refractivity contribution in [3.63, 3.8) is 0 Å². The molecule has 6 nitrogen and oxygen atoms in total. The average Bonchev–Trinajstić information content (AvgIpc) is 2.63. The molecule has 0 fully saturated rings. The molecule has 0 saturated carbocycles. The average molecular weight is 403 g/mol. The fraction of sp³-hybridized carbons (Fsp3) is 0.211. The minimum absolute atomic E-state index is 0.0692. The quantitative estimate of drug-likeness (QED) is 0.515. The van der Waals surface area contributed by atoms with E-state index in [1.54, 1.807) is 14.1 Å². The van der Waals surface area contributed by atoms with Gasteiger partial charge in [0.15, 0.2) is 11.6 Å². The molecule has 0 aliphatic carbocycles. The lowest BCUT2D eigenvalue weighted by Crippen LogP contribution is -2.25. The lowest BCUT2D eigenvalue weighted by Gasteiger charge is -2.19. The fourth-order valence-electron chi connectivity index (χ4n) is 2.66. The molecule has 0 unspecified atom stereocenters. The summed E-state index contributed by atoms with van der Waals surface area (Å²) in [6.07, 6.45) is 0.872. The van der Waals surface area contributed by atoms with Crippen molar-refractivity contribution in [1.29, 1.82) is 0 Å². The van der Waals surface area contributed by atoms with Gasteiger partial charge in [0, 0.05) is 25.1 Å². The number of benzene rings is 2. The molecule has 1 aromatic heterocycles. The first-order valence-electron chi connectivity index (χ1n) is 8.24. The molecule has 0 atom stereocenters. The van der Waals surface area contributed by atoms with E-state index in [2.05, 4.69) is 40.7 Å². The van der Waals surface area contributed by atoms with Gasteiger partial charge in [-0.25, -0.2) is 9.78 Å². The number of nitrogens with zero attached hydrogens (tertiary/aromatic N) is 3. The first-order chi connectivity index (χ1) is 12.9. The van der Waals surface area contributed by atoms with E-state index < -0.39 is 14.0 Å². The number of ether oxygens (including phenoxy) is 1. The molecule has 3 aromatic rings. The van der Waals surface area contributed by atoms with Crippen LogP contribution in [0.5, 0.6) is 5.75 Å². The van der Waals surface area contributed by atoms with Crippen LogP contribution in [0.25, 0.3) is 10.8 Å². The van der Waals surface area contributed by atoms with E-state index in [0.717, 1.165) is 5.69 Å². The van der Waals surface area contributed by atoms with Crippen LogP contribution in [-0.4, -0.2) is 48.4 Å². The van der Waals surface area contributed by atoms with E-state index in [1.807, 2.05) is 24.3 Å². The van der Waals surface area contributed by atoms with Crippen LogP contribution in [0.1, 0.15) is 0 Å². The Kier molecular flexibility index (Phi) is 5.78. The minimum Gasteiger partial charge on any atom is -0.405 e. The Bertz CT molecular complexity index is 995. The Balaban J connectivity index is 2.06. The van der Waals surface area contributed by atoms with Gasteiger partial charge in [-0.1, -0.05) is 38.3 Å². The van der Waals surface area contributed by atoms with E-state index in [4.69, 9.17) is 16.3 Å². The minimum atomic E-state index is -0.518. The van der Waals surface area contributed by atoms with Crippen LogP contribution in [0, 0.1) is 0 Å². The number of hydrogen-bond donors (Lipinski definition) is 1. The van der Waals surface area contributed by atoms with Crippen LogP contribution in [0.15, 0.2) is 42.6 Å². The zero-order chi connectivity index (χ0) is 19.6. The summed E-state index contributed by atoms with van der Waals surface area (Å²) in [6.45, 7) is 4.39. The molecule has 2 aromatic carbocycles. The standard InChI is InChI=1S/C19H20ClN4O2P/c1-24(2)19(25)26-15-11-21-18(20)23-17(15)22-14-10-9-12-7-5-6-8-13(12)16(14)27(3)4/h5-11H,1-4H3,(H,21,22,23). The molecule has 0 aliphatic rings. The molecule has 1 heterocycles. The monoisotopic (exact) mass is 402 g/mol. The predicted molar refractivity (Wildman–Crippen MR) is 112 cm³/mol. The van der Waals surface area contributed by atoms with Crippen molar-refractivity contribution in [1.82, 2.24) is 14.9 Å². The van der Waals surface area contributed by atoms with Crippen LogP contribution in [-0.2, 0) is 0 Å². The van der Waals surface area contributed by atoms with Gasteiger partial charge in [0.05, 0.1) is 6.20 Å². The van der Waals surface area contributed by atoms with Crippen molar-refractivity contribution in [2.45, 2.75) is 0 Å². The second kappa shape index (κ2) is 8.07. The van der Waals surface area contributed by atoms with Crippen LogP contribution in [0.4, 0.5) is 16.3 Å². The van der Waals surface area contributed by atoms with Gasteiger partial charge in [0.2, 0.25) is 5.28 Å². The number of carbonyl (C=O) groups is 1. The first kappa shape index (κ1) is 19.3. The topological polar surface area (TPSA) is 67.4 Å². The van der Waals surface area contributed by atoms with Crippen LogP contribution in [0.3, 0.4) is 0 Å². The highest BCUT2D eigenvalue weighted by atomic mass is 35.5. The highest BCUT2D eigenvalue weighted by Gasteiger charge is 2.17. The summed E-state index contributed by atoms with van der Waals surface area (Å²) < 4.78 is 5.37. The second-order valence-electron chi connectivity index (χ2n) is 6.32. The molecular weight excluding hydrogens is 383 g/mol. The van der Waals surface area contributed by atoms with Crippen LogP contribution < -0.4 is 15.4 Å². The summed E-state index contributed by atoms with van der Waals surface area (Å²) in [5.41, 5.74) is 0.904. The van der Waals surface area contributed by atoms with Gasteiger partial charge >= 0.3 is 6.09 Å². The van der Waals surface area contributed by atoms with Crippen LogP contribution >= 0.6 is 19.5 Å². The molecular formula is C19H20ClN4O2P. The van der Waals surface area contributed by atoms with Crippen LogP contribution in [0.2, 0.25) is 5.28 Å². The molecule has 140 valence electrons. The van der Waals surface area contributed by atoms with Crippen molar-refractivity contribution in [2.75, 3.05) is 32.7 Å². The van der Waals surface area contributed by atoms with Crippen molar-refractivity contribution in [3.05, 3.63) is 47.9 Å².